The monoisotopic (exact) mass is 277 g/mol. The van der Waals surface area contributed by atoms with Crippen LogP contribution in [0.2, 0.25) is 0 Å². The van der Waals surface area contributed by atoms with E-state index < -0.39 is 5.60 Å². The lowest BCUT2D eigenvalue weighted by Gasteiger charge is -2.22. The minimum Gasteiger partial charge on any atom is -0.390 e. The van der Waals surface area contributed by atoms with Gasteiger partial charge in [0.1, 0.15) is 0 Å². The summed E-state index contributed by atoms with van der Waals surface area (Å²) in [5.74, 6) is 0. The van der Waals surface area contributed by atoms with Crippen LogP contribution in [-0.2, 0) is 6.42 Å². The van der Waals surface area contributed by atoms with Crippen molar-refractivity contribution >= 4 is 27.3 Å². The number of thiophene rings is 1. The molecule has 80 valence electrons. The molecule has 1 heterocycles. The molecule has 2 nitrogen and oxygen atoms in total. The average molecular weight is 278 g/mol. The van der Waals surface area contributed by atoms with Crippen molar-refractivity contribution in [2.75, 3.05) is 13.6 Å². The smallest absolute Gasteiger partial charge is 0.0679 e. The van der Waals surface area contributed by atoms with Crippen LogP contribution in [0.1, 0.15) is 18.2 Å². The van der Waals surface area contributed by atoms with Gasteiger partial charge in [-0.05, 0) is 48.9 Å². The number of aliphatic hydroxyl groups is 1. The van der Waals surface area contributed by atoms with Crippen LogP contribution in [0.15, 0.2) is 15.9 Å². The third-order valence-electron chi connectivity index (χ3n) is 2.09. The van der Waals surface area contributed by atoms with E-state index >= 15 is 0 Å². The van der Waals surface area contributed by atoms with Gasteiger partial charge in [-0.25, -0.2) is 0 Å². The Morgan fingerprint density at radius 2 is 2.36 bits per heavy atom. The molecule has 0 aliphatic heterocycles. The van der Waals surface area contributed by atoms with Crippen LogP contribution >= 0.6 is 27.3 Å². The summed E-state index contributed by atoms with van der Waals surface area (Å²) in [7, 11) is 1.90. The molecule has 0 aliphatic carbocycles. The maximum absolute atomic E-state index is 10.1. The van der Waals surface area contributed by atoms with Crippen molar-refractivity contribution in [2.24, 2.45) is 0 Å². The van der Waals surface area contributed by atoms with Crippen LogP contribution in [0.25, 0.3) is 0 Å². The van der Waals surface area contributed by atoms with E-state index in [0.29, 0.717) is 0 Å². The van der Waals surface area contributed by atoms with Crippen LogP contribution in [0, 0.1) is 0 Å². The Hall–Kier alpha value is 0.1000. The van der Waals surface area contributed by atoms with Gasteiger partial charge in [0.25, 0.3) is 0 Å². The fourth-order valence-electron chi connectivity index (χ4n) is 1.30. The van der Waals surface area contributed by atoms with Crippen molar-refractivity contribution in [1.29, 1.82) is 0 Å². The quantitative estimate of drug-likeness (QED) is 0.867. The van der Waals surface area contributed by atoms with E-state index in [-0.39, 0.29) is 0 Å². The molecular weight excluding hydrogens is 262 g/mol. The summed E-state index contributed by atoms with van der Waals surface area (Å²) in [6.07, 6.45) is 1.50. The van der Waals surface area contributed by atoms with Gasteiger partial charge in [0, 0.05) is 21.2 Å². The molecule has 0 saturated heterocycles. The second-order valence-electron chi connectivity index (χ2n) is 3.76. The molecule has 4 heteroatoms. The van der Waals surface area contributed by atoms with Crippen LogP contribution in [-0.4, -0.2) is 24.3 Å². The molecule has 0 aliphatic rings. The zero-order valence-electron chi connectivity index (χ0n) is 8.51. The molecule has 1 atom stereocenters. The van der Waals surface area contributed by atoms with Crippen LogP contribution in [0.3, 0.4) is 0 Å². The molecule has 0 radical (unpaired) electrons. The minimum atomic E-state index is -0.604. The fraction of sp³-hybridized carbons (Fsp3) is 0.600. The SMILES string of the molecule is CNCCC(C)(O)Cc1cc(Br)cs1. The lowest BCUT2D eigenvalue weighted by atomic mass is 9.97. The Morgan fingerprint density at radius 3 is 2.86 bits per heavy atom. The van der Waals surface area contributed by atoms with Crippen molar-refractivity contribution in [1.82, 2.24) is 5.32 Å². The first-order valence-corrected chi connectivity index (χ1v) is 6.31. The highest BCUT2D eigenvalue weighted by atomic mass is 79.9. The molecule has 0 bridgehead atoms. The summed E-state index contributed by atoms with van der Waals surface area (Å²) in [5.41, 5.74) is -0.604. The average Bonchev–Trinajstić information content (AvgIpc) is 2.47. The largest absolute Gasteiger partial charge is 0.390 e. The maximum atomic E-state index is 10.1. The Balaban J connectivity index is 2.49. The Labute approximate surface area is 97.5 Å². The van der Waals surface area contributed by atoms with Gasteiger partial charge in [0.2, 0.25) is 0 Å². The molecule has 0 amide bonds. The highest BCUT2D eigenvalue weighted by Gasteiger charge is 2.20. The molecule has 0 saturated carbocycles. The normalized spacial score (nSPS) is 15.4. The summed E-state index contributed by atoms with van der Waals surface area (Å²) < 4.78 is 1.10. The molecule has 0 spiro atoms. The molecule has 0 aromatic carbocycles. The summed E-state index contributed by atoms with van der Waals surface area (Å²) in [5, 5.41) is 15.2. The van der Waals surface area contributed by atoms with Gasteiger partial charge in [-0.3, -0.25) is 0 Å². The summed E-state index contributed by atoms with van der Waals surface area (Å²) >= 11 is 5.09. The van der Waals surface area contributed by atoms with E-state index in [1.54, 1.807) is 11.3 Å². The molecule has 14 heavy (non-hydrogen) atoms. The molecule has 2 N–H and O–H groups in total. The predicted molar refractivity (Wildman–Crippen MR) is 64.9 cm³/mol. The molecule has 1 unspecified atom stereocenters. The van der Waals surface area contributed by atoms with E-state index in [2.05, 4.69) is 27.3 Å². The van der Waals surface area contributed by atoms with Crippen LogP contribution < -0.4 is 5.32 Å². The van der Waals surface area contributed by atoms with Crippen LogP contribution in [0.5, 0.6) is 0 Å². The maximum Gasteiger partial charge on any atom is 0.0679 e. The van der Waals surface area contributed by atoms with Gasteiger partial charge in [-0.2, -0.15) is 0 Å². The van der Waals surface area contributed by atoms with E-state index in [0.717, 1.165) is 23.9 Å². The Kier molecular flexibility index (Phi) is 4.57. The number of nitrogens with one attached hydrogen (secondary N) is 1. The number of hydrogen-bond donors (Lipinski definition) is 2. The lowest BCUT2D eigenvalue weighted by molar-refractivity contribution is 0.0528. The topological polar surface area (TPSA) is 32.3 Å². The molecular formula is C10H16BrNOS. The predicted octanol–water partition coefficient (Wildman–Crippen LogP) is 2.41. The number of hydrogen-bond acceptors (Lipinski definition) is 3. The number of halogens is 1. The van der Waals surface area contributed by atoms with Gasteiger partial charge in [-0.1, -0.05) is 0 Å². The first-order valence-electron chi connectivity index (χ1n) is 4.63. The first-order chi connectivity index (χ1) is 6.53. The Morgan fingerprint density at radius 1 is 1.64 bits per heavy atom. The van der Waals surface area contributed by atoms with Crippen molar-refractivity contribution < 1.29 is 5.11 Å². The second-order valence-corrected chi connectivity index (χ2v) is 5.67. The van der Waals surface area contributed by atoms with E-state index in [9.17, 15) is 5.11 Å². The lowest BCUT2D eigenvalue weighted by Crippen LogP contribution is -2.30. The third kappa shape index (κ3) is 4.09. The van der Waals surface area contributed by atoms with Gasteiger partial charge in [0.05, 0.1) is 5.60 Å². The van der Waals surface area contributed by atoms with Crippen molar-refractivity contribution in [3.63, 3.8) is 0 Å². The zero-order valence-corrected chi connectivity index (χ0v) is 10.9. The fourth-order valence-corrected chi connectivity index (χ4v) is 2.93. The molecule has 1 rings (SSSR count). The highest BCUT2D eigenvalue weighted by Crippen LogP contribution is 2.25. The molecule has 0 fully saturated rings. The second kappa shape index (κ2) is 5.26. The first kappa shape index (κ1) is 12.2. The highest BCUT2D eigenvalue weighted by molar-refractivity contribution is 9.10. The van der Waals surface area contributed by atoms with Gasteiger partial charge >= 0.3 is 0 Å². The molecule has 1 aromatic heterocycles. The summed E-state index contributed by atoms with van der Waals surface area (Å²) in [6, 6.07) is 2.07. The van der Waals surface area contributed by atoms with Gasteiger partial charge in [-0.15, -0.1) is 11.3 Å². The molecule has 1 aromatic rings. The van der Waals surface area contributed by atoms with Crippen molar-refractivity contribution in [3.05, 3.63) is 20.8 Å². The number of rotatable bonds is 5. The standard InChI is InChI=1S/C10H16BrNOS/c1-10(13,3-4-12-2)6-9-5-8(11)7-14-9/h5,7,12-13H,3-4,6H2,1-2H3. The van der Waals surface area contributed by atoms with Crippen molar-refractivity contribution in [3.8, 4) is 0 Å². The summed E-state index contributed by atoms with van der Waals surface area (Å²) in [6.45, 7) is 2.73. The van der Waals surface area contributed by atoms with E-state index in [1.807, 2.05) is 19.4 Å². The third-order valence-corrected chi connectivity index (χ3v) is 3.79. The van der Waals surface area contributed by atoms with Crippen molar-refractivity contribution in [2.45, 2.75) is 25.4 Å². The summed E-state index contributed by atoms with van der Waals surface area (Å²) in [4.78, 5) is 1.22. The van der Waals surface area contributed by atoms with Gasteiger partial charge < -0.3 is 10.4 Å². The minimum absolute atomic E-state index is 0.604. The van der Waals surface area contributed by atoms with Gasteiger partial charge in [0.15, 0.2) is 0 Å². The Bertz CT molecular complexity index is 285. The zero-order chi connectivity index (χ0) is 10.6. The van der Waals surface area contributed by atoms with E-state index in [4.69, 9.17) is 0 Å². The van der Waals surface area contributed by atoms with E-state index in [1.165, 1.54) is 4.88 Å². The van der Waals surface area contributed by atoms with Crippen LogP contribution in [0.4, 0.5) is 0 Å².